The van der Waals surface area contributed by atoms with Crippen LogP contribution in [0.5, 0.6) is 0 Å². The van der Waals surface area contributed by atoms with Crippen molar-refractivity contribution in [3.05, 3.63) is 41.5 Å². The molecule has 0 saturated carbocycles. The summed E-state index contributed by atoms with van der Waals surface area (Å²) in [6, 6.07) is 9.23. The topological polar surface area (TPSA) is 49.8 Å². The highest BCUT2D eigenvalue weighted by atomic mass is 16.7. The van der Waals surface area contributed by atoms with E-state index in [1.54, 1.807) is 5.06 Å². The molecule has 1 fully saturated rings. The summed E-state index contributed by atoms with van der Waals surface area (Å²) in [6.45, 7) is 6.46. The highest BCUT2D eigenvalue weighted by Crippen LogP contribution is 2.35. The zero-order valence-electron chi connectivity index (χ0n) is 12.2. The summed E-state index contributed by atoms with van der Waals surface area (Å²) in [5.41, 5.74) is 0.985. The Balaban J connectivity index is 2.34. The van der Waals surface area contributed by atoms with Gasteiger partial charge >= 0.3 is 0 Å². The zero-order chi connectivity index (χ0) is 14.8. The molecule has 2 rings (SSSR count). The second kappa shape index (κ2) is 5.90. The largest absolute Gasteiger partial charge is 0.386 e. The molecule has 108 valence electrons. The van der Waals surface area contributed by atoms with E-state index in [9.17, 15) is 9.90 Å². The Kier molecular flexibility index (Phi) is 4.41. The number of benzene rings is 1. The standard InChI is InChI=1S/C16H21NO3/c1-16(2,3)20-17-10-9-13(11-18)15(19)14(17)12-7-5-4-6-8-12/h4-8,14-15,19H,9-10H2,1-3H3/t14-,15-/m0/s1. The van der Waals surface area contributed by atoms with E-state index in [1.165, 1.54) is 0 Å². The summed E-state index contributed by atoms with van der Waals surface area (Å²) in [6.07, 6.45) is -0.407. The molecule has 0 bridgehead atoms. The van der Waals surface area contributed by atoms with E-state index in [1.807, 2.05) is 57.0 Å². The van der Waals surface area contributed by atoms with Gasteiger partial charge in [-0.1, -0.05) is 30.3 Å². The van der Waals surface area contributed by atoms with Crippen LogP contribution in [0.4, 0.5) is 0 Å². The molecular formula is C16H21NO3. The molecule has 0 aromatic heterocycles. The number of aliphatic hydroxyl groups excluding tert-OH is 1. The summed E-state index contributed by atoms with van der Waals surface area (Å²) < 4.78 is 0. The molecule has 0 aliphatic carbocycles. The third-order valence-corrected chi connectivity index (χ3v) is 3.23. The molecule has 0 radical (unpaired) electrons. The van der Waals surface area contributed by atoms with Crippen molar-refractivity contribution in [2.24, 2.45) is 0 Å². The smallest absolute Gasteiger partial charge is 0.126 e. The van der Waals surface area contributed by atoms with Gasteiger partial charge in [0.25, 0.3) is 0 Å². The first kappa shape index (κ1) is 14.9. The van der Waals surface area contributed by atoms with Crippen molar-refractivity contribution in [1.29, 1.82) is 0 Å². The van der Waals surface area contributed by atoms with Crippen LogP contribution in [-0.4, -0.2) is 34.4 Å². The van der Waals surface area contributed by atoms with Gasteiger partial charge in [-0.3, -0.25) is 4.84 Å². The highest BCUT2D eigenvalue weighted by Gasteiger charge is 2.37. The second-order valence-electron chi connectivity index (χ2n) is 6.02. The lowest BCUT2D eigenvalue weighted by Gasteiger charge is -2.41. The van der Waals surface area contributed by atoms with Crippen LogP contribution in [0.1, 0.15) is 38.8 Å². The molecule has 4 heteroatoms. The SMILES string of the molecule is CC(C)(C)ON1CCC(=C=O)[C@H](O)[C@@H]1c1ccccc1. The fourth-order valence-electron chi connectivity index (χ4n) is 2.43. The number of carbonyl (C=O) groups excluding carboxylic acids is 1. The van der Waals surface area contributed by atoms with Gasteiger partial charge in [0.15, 0.2) is 0 Å². The minimum atomic E-state index is -0.883. The maximum absolute atomic E-state index is 11.0. The number of hydroxylamine groups is 2. The van der Waals surface area contributed by atoms with Crippen LogP contribution in [0.15, 0.2) is 35.9 Å². The van der Waals surface area contributed by atoms with Gasteiger partial charge in [0, 0.05) is 12.1 Å². The van der Waals surface area contributed by atoms with E-state index >= 15 is 0 Å². The quantitative estimate of drug-likeness (QED) is 0.841. The number of rotatable bonds is 2. The van der Waals surface area contributed by atoms with Crippen molar-refractivity contribution in [3.8, 4) is 0 Å². The first-order valence-corrected chi connectivity index (χ1v) is 6.85. The molecule has 1 saturated heterocycles. The van der Waals surface area contributed by atoms with Gasteiger partial charge in [-0.25, -0.2) is 4.79 Å². The number of piperidine rings is 1. The van der Waals surface area contributed by atoms with Crippen LogP contribution in [0.3, 0.4) is 0 Å². The molecule has 1 N–H and O–H groups in total. The lowest BCUT2D eigenvalue weighted by atomic mass is 9.91. The van der Waals surface area contributed by atoms with Crippen LogP contribution in [0.25, 0.3) is 0 Å². The molecule has 20 heavy (non-hydrogen) atoms. The molecule has 4 nitrogen and oxygen atoms in total. The van der Waals surface area contributed by atoms with Crippen molar-refractivity contribution in [1.82, 2.24) is 5.06 Å². The fourth-order valence-corrected chi connectivity index (χ4v) is 2.43. The van der Waals surface area contributed by atoms with Crippen molar-refractivity contribution in [3.63, 3.8) is 0 Å². The molecule has 0 unspecified atom stereocenters. The van der Waals surface area contributed by atoms with E-state index in [2.05, 4.69) is 0 Å². The van der Waals surface area contributed by atoms with Crippen molar-refractivity contribution >= 4 is 5.94 Å². The Morgan fingerprint density at radius 2 is 1.95 bits per heavy atom. The normalized spacial score (nSPS) is 24.5. The summed E-state index contributed by atoms with van der Waals surface area (Å²) in [5.74, 6) is 1.87. The Labute approximate surface area is 119 Å². The highest BCUT2D eigenvalue weighted by molar-refractivity contribution is 5.55. The predicted octanol–water partition coefficient (Wildman–Crippen LogP) is 2.28. The number of hydrogen-bond acceptors (Lipinski definition) is 4. The Hall–Kier alpha value is -1.45. The summed E-state index contributed by atoms with van der Waals surface area (Å²) in [5, 5.41) is 12.2. The minimum Gasteiger partial charge on any atom is -0.386 e. The van der Waals surface area contributed by atoms with Crippen LogP contribution in [-0.2, 0) is 9.63 Å². The van der Waals surface area contributed by atoms with Crippen LogP contribution in [0, 0.1) is 0 Å². The molecular weight excluding hydrogens is 254 g/mol. The van der Waals surface area contributed by atoms with Crippen molar-refractivity contribution in [2.45, 2.75) is 44.9 Å². The number of nitrogens with zero attached hydrogens (tertiary/aromatic N) is 1. The van der Waals surface area contributed by atoms with E-state index < -0.39 is 6.10 Å². The van der Waals surface area contributed by atoms with E-state index in [0.717, 1.165) is 5.56 Å². The minimum absolute atomic E-state index is 0.352. The first-order chi connectivity index (χ1) is 9.42. The number of aliphatic hydroxyl groups is 1. The molecule has 1 aromatic carbocycles. The predicted molar refractivity (Wildman–Crippen MR) is 76.6 cm³/mol. The van der Waals surface area contributed by atoms with Gasteiger partial charge in [-0.05, 0) is 32.8 Å². The van der Waals surface area contributed by atoms with Crippen LogP contribution in [0.2, 0.25) is 0 Å². The summed E-state index contributed by atoms with van der Waals surface area (Å²) in [7, 11) is 0. The van der Waals surface area contributed by atoms with Crippen molar-refractivity contribution < 1.29 is 14.7 Å². The zero-order valence-corrected chi connectivity index (χ0v) is 12.2. The van der Waals surface area contributed by atoms with E-state index in [-0.39, 0.29) is 11.6 Å². The number of hydrogen-bond donors (Lipinski definition) is 1. The van der Waals surface area contributed by atoms with Crippen molar-refractivity contribution in [2.75, 3.05) is 6.54 Å². The average molecular weight is 275 g/mol. The molecule has 2 atom stereocenters. The molecule has 1 aliphatic heterocycles. The summed E-state index contributed by atoms with van der Waals surface area (Å²) >= 11 is 0. The molecule has 0 spiro atoms. The lowest BCUT2D eigenvalue weighted by molar-refractivity contribution is -0.268. The second-order valence-corrected chi connectivity index (χ2v) is 6.02. The maximum Gasteiger partial charge on any atom is 0.126 e. The first-order valence-electron chi connectivity index (χ1n) is 6.85. The molecule has 0 amide bonds. The van der Waals surface area contributed by atoms with Gasteiger partial charge in [0.2, 0.25) is 0 Å². The van der Waals surface area contributed by atoms with Crippen LogP contribution < -0.4 is 0 Å². The Morgan fingerprint density at radius 1 is 1.30 bits per heavy atom. The van der Waals surface area contributed by atoms with Gasteiger partial charge < -0.3 is 5.11 Å². The fraction of sp³-hybridized carbons (Fsp3) is 0.500. The van der Waals surface area contributed by atoms with Gasteiger partial charge in [0.1, 0.15) is 12.0 Å². The van der Waals surface area contributed by atoms with E-state index in [4.69, 9.17) is 4.84 Å². The molecule has 1 heterocycles. The monoisotopic (exact) mass is 275 g/mol. The van der Waals surface area contributed by atoms with E-state index in [0.29, 0.717) is 18.5 Å². The molecule has 1 aromatic rings. The average Bonchev–Trinajstić information content (AvgIpc) is 2.38. The summed E-state index contributed by atoms with van der Waals surface area (Å²) in [4.78, 5) is 16.9. The Morgan fingerprint density at radius 3 is 2.50 bits per heavy atom. The van der Waals surface area contributed by atoms with Gasteiger partial charge in [-0.2, -0.15) is 5.06 Å². The van der Waals surface area contributed by atoms with Gasteiger partial charge in [-0.15, -0.1) is 0 Å². The third-order valence-electron chi connectivity index (χ3n) is 3.23. The van der Waals surface area contributed by atoms with Gasteiger partial charge in [0.05, 0.1) is 11.6 Å². The lowest BCUT2D eigenvalue weighted by Crippen LogP contribution is -2.46. The molecule has 1 aliphatic rings. The van der Waals surface area contributed by atoms with Crippen LogP contribution >= 0.6 is 0 Å². The third kappa shape index (κ3) is 3.35. The maximum atomic E-state index is 11.0. The Bertz CT molecular complexity index is 500.